The Bertz CT molecular complexity index is 485. The molecule has 0 radical (unpaired) electrons. The molecule has 1 aromatic carbocycles. The second-order valence-electron chi connectivity index (χ2n) is 4.18. The molecule has 5 nitrogen and oxygen atoms in total. The topological polar surface area (TPSA) is 69.8 Å². The molecule has 0 fully saturated rings. The highest BCUT2D eigenvalue weighted by Crippen LogP contribution is 2.09. The summed E-state index contributed by atoms with van der Waals surface area (Å²) in [5.74, 6) is 0.755. The van der Waals surface area contributed by atoms with Crippen molar-refractivity contribution in [1.29, 1.82) is 0 Å². The summed E-state index contributed by atoms with van der Waals surface area (Å²) in [6, 6.07) is 7.73. The molecule has 2 rings (SSSR count). The molecule has 0 aliphatic rings. The Morgan fingerprint density at radius 1 is 1.41 bits per heavy atom. The second-order valence-corrected chi connectivity index (χ2v) is 4.18. The van der Waals surface area contributed by atoms with Crippen LogP contribution in [0.25, 0.3) is 11.0 Å². The Hall–Kier alpha value is -2.04. The summed E-state index contributed by atoms with van der Waals surface area (Å²) in [5.41, 5.74) is 1.89. The van der Waals surface area contributed by atoms with E-state index < -0.39 is 0 Å². The molecule has 0 spiro atoms. The summed E-state index contributed by atoms with van der Waals surface area (Å²) in [6.07, 6.45) is 0. The molecule has 0 bridgehead atoms. The van der Waals surface area contributed by atoms with Crippen LogP contribution in [0.4, 0.5) is 4.79 Å². The SMILES string of the molecule is CC(C)NC(=O)NCc1nc2ccccc2[nH]1. The first-order valence-electron chi connectivity index (χ1n) is 5.63. The van der Waals surface area contributed by atoms with Crippen molar-refractivity contribution < 1.29 is 4.79 Å². The molecule has 2 aromatic rings. The van der Waals surface area contributed by atoms with Gasteiger partial charge in [0.2, 0.25) is 0 Å². The van der Waals surface area contributed by atoms with Gasteiger partial charge in [-0.1, -0.05) is 12.1 Å². The maximum Gasteiger partial charge on any atom is 0.315 e. The third kappa shape index (κ3) is 2.96. The number of hydrogen-bond donors (Lipinski definition) is 3. The number of nitrogens with zero attached hydrogens (tertiary/aromatic N) is 1. The zero-order chi connectivity index (χ0) is 12.3. The van der Waals surface area contributed by atoms with E-state index in [1.807, 2.05) is 38.1 Å². The average molecular weight is 232 g/mol. The van der Waals surface area contributed by atoms with Crippen molar-refractivity contribution in [3.05, 3.63) is 30.1 Å². The Morgan fingerprint density at radius 2 is 2.18 bits per heavy atom. The Kier molecular flexibility index (Phi) is 3.27. The van der Waals surface area contributed by atoms with Gasteiger partial charge in [-0.15, -0.1) is 0 Å². The summed E-state index contributed by atoms with van der Waals surface area (Å²) >= 11 is 0. The van der Waals surface area contributed by atoms with E-state index in [4.69, 9.17) is 0 Å². The molecule has 0 saturated carbocycles. The summed E-state index contributed by atoms with van der Waals surface area (Å²) in [6.45, 7) is 4.23. The van der Waals surface area contributed by atoms with Crippen molar-refractivity contribution in [2.75, 3.05) is 0 Å². The number of benzene rings is 1. The first-order valence-corrected chi connectivity index (χ1v) is 5.63. The fraction of sp³-hybridized carbons (Fsp3) is 0.333. The van der Waals surface area contributed by atoms with Gasteiger partial charge in [0, 0.05) is 6.04 Å². The van der Waals surface area contributed by atoms with Gasteiger partial charge in [0.1, 0.15) is 5.82 Å². The van der Waals surface area contributed by atoms with Crippen molar-refractivity contribution in [3.8, 4) is 0 Å². The van der Waals surface area contributed by atoms with Crippen LogP contribution in [0.5, 0.6) is 0 Å². The molecule has 0 saturated heterocycles. The highest BCUT2D eigenvalue weighted by atomic mass is 16.2. The van der Waals surface area contributed by atoms with Crippen molar-refractivity contribution in [2.45, 2.75) is 26.4 Å². The van der Waals surface area contributed by atoms with Gasteiger partial charge in [-0.3, -0.25) is 0 Å². The maximum atomic E-state index is 11.4. The number of imidazole rings is 1. The van der Waals surface area contributed by atoms with E-state index in [2.05, 4.69) is 20.6 Å². The number of aromatic amines is 1. The van der Waals surface area contributed by atoms with Crippen LogP contribution < -0.4 is 10.6 Å². The van der Waals surface area contributed by atoms with E-state index in [9.17, 15) is 4.79 Å². The van der Waals surface area contributed by atoms with Crippen LogP contribution in [-0.2, 0) is 6.54 Å². The van der Waals surface area contributed by atoms with Crippen LogP contribution in [0, 0.1) is 0 Å². The van der Waals surface area contributed by atoms with Gasteiger partial charge in [-0.05, 0) is 26.0 Å². The van der Waals surface area contributed by atoms with Crippen LogP contribution in [0.3, 0.4) is 0 Å². The van der Waals surface area contributed by atoms with E-state index in [-0.39, 0.29) is 12.1 Å². The van der Waals surface area contributed by atoms with Crippen molar-refractivity contribution >= 4 is 17.1 Å². The van der Waals surface area contributed by atoms with Gasteiger partial charge in [0.25, 0.3) is 0 Å². The standard InChI is InChI=1S/C12H16N4O/c1-8(2)14-12(17)13-7-11-15-9-5-3-4-6-10(9)16-11/h3-6,8H,7H2,1-2H3,(H,15,16)(H2,13,14,17). The monoisotopic (exact) mass is 232 g/mol. The lowest BCUT2D eigenvalue weighted by molar-refractivity contribution is 0.238. The number of urea groups is 1. The number of para-hydroxylation sites is 2. The van der Waals surface area contributed by atoms with Crippen LogP contribution in [0.1, 0.15) is 19.7 Å². The number of fused-ring (bicyclic) bond motifs is 1. The minimum atomic E-state index is -0.180. The van der Waals surface area contributed by atoms with Crippen LogP contribution in [-0.4, -0.2) is 22.0 Å². The molecule has 3 N–H and O–H groups in total. The summed E-state index contributed by atoms with van der Waals surface area (Å²) in [5, 5.41) is 5.50. The lowest BCUT2D eigenvalue weighted by atomic mass is 10.3. The molecule has 2 amide bonds. The predicted octanol–water partition coefficient (Wildman–Crippen LogP) is 1.77. The molecule has 17 heavy (non-hydrogen) atoms. The fourth-order valence-corrected chi connectivity index (χ4v) is 1.57. The van der Waals surface area contributed by atoms with Gasteiger partial charge >= 0.3 is 6.03 Å². The molecule has 0 aliphatic carbocycles. The Morgan fingerprint density at radius 3 is 2.88 bits per heavy atom. The number of H-pyrrole nitrogens is 1. The maximum absolute atomic E-state index is 11.4. The summed E-state index contributed by atoms with van der Waals surface area (Å²) in [4.78, 5) is 18.9. The van der Waals surface area contributed by atoms with Gasteiger partial charge < -0.3 is 15.6 Å². The first kappa shape index (κ1) is 11.4. The van der Waals surface area contributed by atoms with Crippen LogP contribution in [0.15, 0.2) is 24.3 Å². The number of carbonyl (C=O) groups excluding carboxylic acids is 1. The van der Waals surface area contributed by atoms with E-state index in [1.54, 1.807) is 0 Å². The normalized spacial score (nSPS) is 10.8. The third-order valence-corrected chi connectivity index (χ3v) is 2.27. The first-order chi connectivity index (χ1) is 8.15. The quantitative estimate of drug-likeness (QED) is 0.754. The molecule has 5 heteroatoms. The smallest absolute Gasteiger partial charge is 0.315 e. The Labute approximate surface area is 99.6 Å². The zero-order valence-corrected chi connectivity index (χ0v) is 9.95. The Balaban J connectivity index is 1.97. The minimum Gasteiger partial charge on any atom is -0.340 e. The van der Waals surface area contributed by atoms with Gasteiger partial charge in [0.05, 0.1) is 17.6 Å². The van der Waals surface area contributed by atoms with Gasteiger partial charge in [0.15, 0.2) is 0 Å². The minimum absolute atomic E-state index is 0.130. The van der Waals surface area contributed by atoms with E-state index in [1.165, 1.54) is 0 Å². The molecule has 90 valence electrons. The van der Waals surface area contributed by atoms with E-state index in [0.29, 0.717) is 6.54 Å². The van der Waals surface area contributed by atoms with E-state index in [0.717, 1.165) is 16.9 Å². The lowest BCUT2D eigenvalue weighted by Gasteiger charge is -2.08. The summed E-state index contributed by atoms with van der Waals surface area (Å²) in [7, 11) is 0. The van der Waals surface area contributed by atoms with Crippen LogP contribution >= 0.6 is 0 Å². The number of nitrogens with one attached hydrogen (secondary N) is 3. The van der Waals surface area contributed by atoms with Crippen molar-refractivity contribution in [3.63, 3.8) is 0 Å². The number of aromatic nitrogens is 2. The molecular weight excluding hydrogens is 216 g/mol. The van der Waals surface area contributed by atoms with E-state index >= 15 is 0 Å². The van der Waals surface area contributed by atoms with Gasteiger partial charge in [-0.25, -0.2) is 9.78 Å². The number of carbonyl (C=O) groups is 1. The largest absolute Gasteiger partial charge is 0.340 e. The van der Waals surface area contributed by atoms with Gasteiger partial charge in [-0.2, -0.15) is 0 Å². The number of hydrogen-bond acceptors (Lipinski definition) is 2. The molecule has 0 atom stereocenters. The molecular formula is C12H16N4O. The average Bonchev–Trinajstić information content (AvgIpc) is 2.68. The molecule has 1 aromatic heterocycles. The fourth-order valence-electron chi connectivity index (χ4n) is 1.57. The van der Waals surface area contributed by atoms with Crippen molar-refractivity contribution in [1.82, 2.24) is 20.6 Å². The highest BCUT2D eigenvalue weighted by molar-refractivity contribution is 5.76. The summed E-state index contributed by atoms with van der Waals surface area (Å²) < 4.78 is 0. The lowest BCUT2D eigenvalue weighted by Crippen LogP contribution is -2.39. The molecule has 1 heterocycles. The molecule has 0 aliphatic heterocycles. The third-order valence-electron chi connectivity index (χ3n) is 2.27. The van der Waals surface area contributed by atoms with Crippen molar-refractivity contribution in [2.24, 2.45) is 0 Å². The highest BCUT2D eigenvalue weighted by Gasteiger charge is 2.05. The predicted molar refractivity (Wildman–Crippen MR) is 66.6 cm³/mol. The van der Waals surface area contributed by atoms with Crippen LogP contribution in [0.2, 0.25) is 0 Å². The zero-order valence-electron chi connectivity index (χ0n) is 9.95. The number of amides is 2. The second kappa shape index (κ2) is 4.86. The molecule has 0 unspecified atom stereocenters. The number of rotatable bonds is 3.